The first-order valence-electron chi connectivity index (χ1n) is 8.90. The number of carbonyl (C=O) groups excluding carboxylic acids is 1. The standard InChI is InChI=1S/C18H28N2O4S/c1-2-3-12-25(23,24)20-14-17(21)13-19(18(22)15-20)11-7-10-16-8-5-4-6-9-16/h4-6,8-9,17,21H,2-3,7,10-15H2,1H3. The quantitative estimate of drug-likeness (QED) is 0.704. The Labute approximate surface area is 151 Å². The molecular weight excluding hydrogens is 340 g/mol. The summed E-state index contributed by atoms with van der Waals surface area (Å²) < 4.78 is 25.8. The zero-order chi connectivity index (χ0) is 18.3. The van der Waals surface area contributed by atoms with E-state index in [0.717, 1.165) is 23.6 Å². The molecule has 2 rings (SSSR count). The molecule has 1 amide bonds. The zero-order valence-corrected chi connectivity index (χ0v) is 15.6. The Morgan fingerprint density at radius 2 is 1.96 bits per heavy atom. The number of benzene rings is 1. The lowest BCUT2D eigenvalue weighted by Crippen LogP contribution is -2.44. The number of β-amino-alcohol motifs (C(OH)–C–C–N with tert-alkyl or cyclic N) is 1. The maximum Gasteiger partial charge on any atom is 0.241 e. The van der Waals surface area contributed by atoms with Gasteiger partial charge in [-0.2, -0.15) is 0 Å². The largest absolute Gasteiger partial charge is 0.598 e. The minimum absolute atomic E-state index is 0.00697. The molecule has 1 saturated heterocycles. The van der Waals surface area contributed by atoms with Crippen LogP contribution in [-0.2, 0) is 25.8 Å². The first-order valence-corrected chi connectivity index (χ1v) is 10.5. The second-order valence-corrected chi connectivity index (χ2v) is 8.63. The SMILES string of the molecule is CCCC[S+](=O)([O-])N1CC(=O)N(CCCc2ccccc2)CC(O)C1. The van der Waals surface area contributed by atoms with Gasteiger partial charge in [-0.05, 0) is 24.8 Å². The van der Waals surface area contributed by atoms with Crippen LogP contribution in [0.4, 0.5) is 0 Å². The number of hydrogen-bond acceptors (Lipinski definition) is 4. The van der Waals surface area contributed by atoms with Crippen LogP contribution in [0.3, 0.4) is 0 Å². The molecule has 0 bridgehead atoms. The molecule has 2 atom stereocenters. The fourth-order valence-electron chi connectivity index (χ4n) is 2.97. The van der Waals surface area contributed by atoms with Crippen LogP contribution in [0.5, 0.6) is 0 Å². The van der Waals surface area contributed by atoms with Gasteiger partial charge in [0.05, 0.1) is 12.6 Å². The van der Waals surface area contributed by atoms with Gasteiger partial charge in [-0.1, -0.05) is 47.9 Å². The molecule has 25 heavy (non-hydrogen) atoms. The molecule has 1 aliphatic rings. The highest BCUT2D eigenvalue weighted by atomic mass is 32.3. The molecule has 1 fully saturated rings. The summed E-state index contributed by atoms with van der Waals surface area (Å²) in [4.78, 5) is 14.0. The number of aryl methyl sites for hydroxylation is 1. The summed E-state index contributed by atoms with van der Waals surface area (Å²) in [5.74, 6) is -0.206. The molecular formula is C18H28N2O4S. The Morgan fingerprint density at radius 1 is 1.24 bits per heavy atom. The van der Waals surface area contributed by atoms with Crippen LogP contribution >= 0.6 is 0 Å². The molecule has 0 saturated carbocycles. The third-order valence-electron chi connectivity index (χ3n) is 4.40. The summed E-state index contributed by atoms with van der Waals surface area (Å²) in [6, 6.07) is 10.0. The van der Waals surface area contributed by atoms with Crippen LogP contribution in [0.2, 0.25) is 0 Å². The molecule has 1 aromatic carbocycles. The van der Waals surface area contributed by atoms with Gasteiger partial charge < -0.3 is 14.6 Å². The molecule has 1 heterocycles. The van der Waals surface area contributed by atoms with E-state index in [4.69, 9.17) is 0 Å². The second kappa shape index (κ2) is 9.43. The summed E-state index contributed by atoms with van der Waals surface area (Å²) in [7, 11) is -3.50. The smallest absolute Gasteiger partial charge is 0.241 e. The van der Waals surface area contributed by atoms with Gasteiger partial charge in [-0.25, -0.2) is 0 Å². The molecule has 140 valence electrons. The molecule has 1 aromatic rings. The van der Waals surface area contributed by atoms with E-state index in [9.17, 15) is 18.7 Å². The summed E-state index contributed by atoms with van der Waals surface area (Å²) in [5, 5.41) is 10.2. The number of carbonyl (C=O) groups is 1. The minimum Gasteiger partial charge on any atom is -0.598 e. The fourth-order valence-corrected chi connectivity index (χ4v) is 4.58. The highest BCUT2D eigenvalue weighted by Crippen LogP contribution is 2.16. The Kier molecular flexibility index (Phi) is 7.56. The number of nitrogens with zero attached hydrogens (tertiary/aromatic N) is 2. The van der Waals surface area contributed by atoms with E-state index in [1.54, 1.807) is 4.90 Å². The van der Waals surface area contributed by atoms with E-state index in [0.29, 0.717) is 13.0 Å². The molecule has 0 aliphatic carbocycles. The van der Waals surface area contributed by atoms with Crippen molar-refractivity contribution in [3.05, 3.63) is 35.9 Å². The lowest BCUT2D eigenvalue weighted by Gasteiger charge is -2.26. The van der Waals surface area contributed by atoms with Crippen molar-refractivity contribution in [2.45, 2.75) is 38.7 Å². The highest BCUT2D eigenvalue weighted by Gasteiger charge is 2.35. The van der Waals surface area contributed by atoms with Gasteiger partial charge in [0, 0.05) is 13.1 Å². The number of aliphatic hydroxyl groups is 1. The Balaban J connectivity index is 1.92. The Hall–Kier alpha value is -1.28. The van der Waals surface area contributed by atoms with Crippen molar-refractivity contribution in [2.75, 3.05) is 31.9 Å². The maximum atomic E-state index is 12.4. The first kappa shape index (κ1) is 20.0. The van der Waals surface area contributed by atoms with Gasteiger partial charge >= 0.3 is 0 Å². The van der Waals surface area contributed by atoms with Crippen molar-refractivity contribution >= 4 is 16.3 Å². The van der Waals surface area contributed by atoms with Gasteiger partial charge in [0.2, 0.25) is 5.91 Å². The molecule has 0 spiro atoms. The summed E-state index contributed by atoms with van der Waals surface area (Å²) in [6.45, 7) is 2.45. The number of sulfonamides is 1. The first-order chi connectivity index (χ1) is 11.9. The van der Waals surface area contributed by atoms with E-state index >= 15 is 0 Å². The van der Waals surface area contributed by atoms with Gasteiger partial charge in [0.25, 0.3) is 0 Å². The van der Waals surface area contributed by atoms with E-state index < -0.39 is 16.5 Å². The van der Waals surface area contributed by atoms with Crippen molar-refractivity contribution < 1.29 is 18.7 Å². The summed E-state index contributed by atoms with van der Waals surface area (Å²) in [6.07, 6.45) is 2.11. The lowest BCUT2D eigenvalue weighted by molar-refractivity contribution is -0.131. The average molecular weight is 368 g/mol. The van der Waals surface area contributed by atoms with E-state index in [-0.39, 0.29) is 31.3 Å². The Morgan fingerprint density at radius 3 is 2.64 bits per heavy atom. The molecule has 2 unspecified atom stereocenters. The van der Waals surface area contributed by atoms with Gasteiger partial charge in [0.1, 0.15) is 22.7 Å². The molecule has 1 aliphatic heterocycles. The van der Waals surface area contributed by atoms with Crippen LogP contribution in [-0.4, -0.2) is 62.8 Å². The molecule has 0 aromatic heterocycles. The number of aliphatic hydroxyl groups excluding tert-OH is 1. The number of unbranched alkanes of at least 4 members (excludes halogenated alkanes) is 1. The van der Waals surface area contributed by atoms with Crippen LogP contribution < -0.4 is 0 Å². The van der Waals surface area contributed by atoms with Gasteiger partial charge in [-0.15, -0.1) is 4.31 Å². The van der Waals surface area contributed by atoms with E-state index in [1.807, 2.05) is 37.3 Å². The average Bonchev–Trinajstić information content (AvgIpc) is 2.73. The second-order valence-electron chi connectivity index (χ2n) is 6.54. The molecule has 0 radical (unpaired) electrons. The van der Waals surface area contributed by atoms with Crippen molar-refractivity contribution in [3.63, 3.8) is 0 Å². The van der Waals surface area contributed by atoms with Crippen LogP contribution in [0.15, 0.2) is 30.3 Å². The molecule has 1 N–H and O–H groups in total. The Bertz CT molecular complexity index is 596. The van der Waals surface area contributed by atoms with Crippen molar-refractivity contribution in [1.82, 2.24) is 9.21 Å². The number of amides is 1. The van der Waals surface area contributed by atoms with Gasteiger partial charge in [0.15, 0.2) is 0 Å². The van der Waals surface area contributed by atoms with Crippen molar-refractivity contribution in [1.29, 1.82) is 0 Å². The zero-order valence-electron chi connectivity index (χ0n) is 14.8. The maximum absolute atomic E-state index is 12.4. The monoisotopic (exact) mass is 368 g/mol. The third-order valence-corrected chi connectivity index (χ3v) is 6.26. The topological polar surface area (TPSA) is 83.9 Å². The number of rotatable bonds is 8. The third kappa shape index (κ3) is 6.18. The fraction of sp³-hybridized carbons (Fsp3) is 0.611. The highest BCUT2D eigenvalue weighted by molar-refractivity contribution is 7.95. The van der Waals surface area contributed by atoms with Crippen LogP contribution in [0, 0.1) is 0 Å². The minimum atomic E-state index is -3.50. The molecule has 7 heteroatoms. The van der Waals surface area contributed by atoms with E-state index in [2.05, 4.69) is 0 Å². The molecule has 6 nitrogen and oxygen atoms in total. The summed E-state index contributed by atoms with van der Waals surface area (Å²) >= 11 is 0. The normalized spacial score (nSPS) is 21.8. The van der Waals surface area contributed by atoms with Crippen molar-refractivity contribution in [3.8, 4) is 0 Å². The van der Waals surface area contributed by atoms with Crippen molar-refractivity contribution in [2.24, 2.45) is 0 Å². The van der Waals surface area contributed by atoms with Crippen LogP contribution in [0.1, 0.15) is 31.7 Å². The van der Waals surface area contributed by atoms with E-state index in [1.165, 1.54) is 5.56 Å². The summed E-state index contributed by atoms with van der Waals surface area (Å²) in [5.41, 5.74) is 1.20. The number of hydrogen-bond donors (Lipinski definition) is 1. The lowest BCUT2D eigenvalue weighted by atomic mass is 10.1. The van der Waals surface area contributed by atoms with Gasteiger partial charge in [-0.3, -0.25) is 4.79 Å². The van der Waals surface area contributed by atoms with Crippen LogP contribution in [0.25, 0.3) is 0 Å². The predicted octanol–water partition coefficient (Wildman–Crippen LogP) is 1.47. The predicted molar refractivity (Wildman–Crippen MR) is 97.5 cm³/mol.